The molecule has 1 heterocycles. The number of thiophene rings is 1. The number of aliphatic imine (C=N–C) groups is 1. The fourth-order valence-electron chi connectivity index (χ4n) is 2.24. The van der Waals surface area contributed by atoms with Crippen molar-refractivity contribution in [3.63, 3.8) is 0 Å². The van der Waals surface area contributed by atoms with Gasteiger partial charge in [-0.1, -0.05) is 6.07 Å². The number of aliphatic hydroxyl groups excluding tert-OH is 1. The standard InChI is InChI=1S/C18H24N4O4S/c1-3-19-18(21-13(2)17-5-4-10-27-17)20-11-15(23)12-26-16-8-6-14(7-9-16)22(24)25/h4-10,13,15,23H,3,11-12H2,1-2H3,(H2,19,20,21). The van der Waals surface area contributed by atoms with Gasteiger partial charge in [0, 0.05) is 23.6 Å². The zero-order valence-corrected chi connectivity index (χ0v) is 16.1. The van der Waals surface area contributed by atoms with Gasteiger partial charge in [0.15, 0.2) is 5.96 Å². The molecule has 0 aliphatic rings. The molecule has 146 valence electrons. The van der Waals surface area contributed by atoms with Gasteiger partial charge in [-0.3, -0.25) is 15.1 Å². The van der Waals surface area contributed by atoms with Crippen molar-refractivity contribution in [2.24, 2.45) is 4.99 Å². The quantitative estimate of drug-likeness (QED) is 0.262. The Bertz CT molecular complexity index is 734. The van der Waals surface area contributed by atoms with E-state index in [4.69, 9.17) is 4.74 Å². The van der Waals surface area contributed by atoms with Gasteiger partial charge in [-0.25, -0.2) is 0 Å². The highest BCUT2D eigenvalue weighted by Gasteiger charge is 2.11. The van der Waals surface area contributed by atoms with E-state index in [1.54, 1.807) is 11.3 Å². The van der Waals surface area contributed by atoms with Gasteiger partial charge in [0.05, 0.1) is 17.5 Å². The number of hydrogen-bond acceptors (Lipinski definition) is 6. The summed E-state index contributed by atoms with van der Waals surface area (Å²) in [5.74, 6) is 1.08. The molecule has 0 aliphatic heterocycles. The van der Waals surface area contributed by atoms with Crippen molar-refractivity contribution in [2.45, 2.75) is 26.0 Å². The van der Waals surface area contributed by atoms with Crippen LogP contribution < -0.4 is 15.4 Å². The number of nitrogens with zero attached hydrogens (tertiary/aromatic N) is 2. The Morgan fingerprint density at radius 2 is 2.11 bits per heavy atom. The lowest BCUT2D eigenvalue weighted by Gasteiger charge is -2.17. The summed E-state index contributed by atoms with van der Waals surface area (Å²) in [7, 11) is 0. The van der Waals surface area contributed by atoms with Crippen LogP contribution in [-0.2, 0) is 0 Å². The van der Waals surface area contributed by atoms with E-state index in [0.29, 0.717) is 18.3 Å². The number of nitro groups is 1. The fraction of sp³-hybridized carbons (Fsp3) is 0.389. The van der Waals surface area contributed by atoms with E-state index < -0.39 is 11.0 Å². The molecule has 0 saturated heterocycles. The van der Waals surface area contributed by atoms with Crippen molar-refractivity contribution >= 4 is 23.0 Å². The van der Waals surface area contributed by atoms with Gasteiger partial charge in [0.2, 0.25) is 0 Å². The van der Waals surface area contributed by atoms with Gasteiger partial charge in [0.25, 0.3) is 5.69 Å². The van der Waals surface area contributed by atoms with Crippen LogP contribution in [0.5, 0.6) is 5.75 Å². The SMILES string of the molecule is CCNC(=NCC(O)COc1ccc([N+](=O)[O-])cc1)NC(C)c1cccs1. The number of ether oxygens (including phenoxy) is 1. The maximum Gasteiger partial charge on any atom is 0.269 e. The minimum absolute atomic E-state index is 0.00582. The highest BCUT2D eigenvalue weighted by atomic mass is 32.1. The average molecular weight is 392 g/mol. The summed E-state index contributed by atoms with van der Waals surface area (Å²) >= 11 is 1.67. The molecule has 1 aromatic carbocycles. The first-order chi connectivity index (χ1) is 13.0. The molecule has 2 aromatic rings. The molecule has 0 aliphatic carbocycles. The zero-order chi connectivity index (χ0) is 19.6. The van der Waals surface area contributed by atoms with Crippen molar-refractivity contribution in [1.82, 2.24) is 10.6 Å². The Morgan fingerprint density at radius 3 is 2.70 bits per heavy atom. The maximum absolute atomic E-state index is 10.6. The molecule has 8 nitrogen and oxygen atoms in total. The van der Waals surface area contributed by atoms with Crippen LogP contribution in [0.2, 0.25) is 0 Å². The van der Waals surface area contributed by atoms with Gasteiger partial charge in [-0.15, -0.1) is 11.3 Å². The summed E-state index contributed by atoms with van der Waals surface area (Å²) in [5.41, 5.74) is -0.00582. The molecule has 1 aromatic heterocycles. The van der Waals surface area contributed by atoms with E-state index in [1.165, 1.54) is 29.1 Å². The second kappa shape index (κ2) is 10.5. The van der Waals surface area contributed by atoms with Crippen LogP contribution in [0.3, 0.4) is 0 Å². The number of aliphatic hydroxyl groups is 1. The average Bonchev–Trinajstić information content (AvgIpc) is 3.20. The van der Waals surface area contributed by atoms with Crippen LogP contribution in [0.4, 0.5) is 5.69 Å². The lowest BCUT2D eigenvalue weighted by atomic mass is 10.3. The summed E-state index contributed by atoms with van der Waals surface area (Å²) in [6.45, 7) is 4.94. The highest BCUT2D eigenvalue weighted by Crippen LogP contribution is 2.18. The van der Waals surface area contributed by atoms with Crippen molar-refractivity contribution in [2.75, 3.05) is 19.7 Å². The van der Waals surface area contributed by atoms with Crippen LogP contribution in [-0.4, -0.2) is 41.8 Å². The van der Waals surface area contributed by atoms with Crippen LogP contribution >= 0.6 is 11.3 Å². The van der Waals surface area contributed by atoms with Crippen molar-refractivity contribution < 1.29 is 14.8 Å². The second-order valence-corrected chi connectivity index (χ2v) is 6.80. The predicted octanol–water partition coefficient (Wildman–Crippen LogP) is 2.71. The molecule has 0 fully saturated rings. The molecule has 0 spiro atoms. The van der Waals surface area contributed by atoms with Crippen LogP contribution in [0.25, 0.3) is 0 Å². The van der Waals surface area contributed by atoms with E-state index in [1.807, 2.05) is 25.3 Å². The number of nitro benzene ring substituents is 1. The van der Waals surface area contributed by atoms with Crippen molar-refractivity contribution in [3.8, 4) is 5.75 Å². The Kier molecular flexibility index (Phi) is 8.02. The number of benzene rings is 1. The first kappa shape index (κ1) is 20.7. The summed E-state index contributed by atoms with van der Waals surface area (Å²) in [4.78, 5) is 15.7. The molecule has 2 rings (SSSR count). The number of guanidine groups is 1. The van der Waals surface area contributed by atoms with E-state index in [-0.39, 0.29) is 24.9 Å². The fourth-order valence-corrected chi connectivity index (χ4v) is 2.97. The summed E-state index contributed by atoms with van der Waals surface area (Å²) in [6, 6.07) is 9.89. The lowest BCUT2D eigenvalue weighted by Crippen LogP contribution is -2.39. The number of nitrogens with one attached hydrogen (secondary N) is 2. The first-order valence-corrected chi connectivity index (χ1v) is 9.51. The first-order valence-electron chi connectivity index (χ1n) is 8.63. The van der Waals surface area contributed by atoms with Gasteiger partial charge < -0.3 is 20.5 Å². The summed E-state index contributed by atoms with van der Waals surface area (Å²) in [5, 5.41) is 29.2. The summed E-state index contributed by atoms with van der Waals surface area (Å²) in [6.07, 6.45) is -0.798. The third-order valence-corrected chi connectivity index (χ3v) is 4.67. The predicted molar refractivity (Wildman–Crippen MR) is 106 cm³/mol. The van der Waals surface area contributed by atoms with Gasteiger partial charge in [-0.05, 0) is 37.4 Å². The normalized spacial score (nSPS) is 13.7. The van der Waals surface area contributed by atoms with Crippen molar-refractivity contribution in [3.05, 3.63) is 56.8 Å². The van der Waals surface area contributed by atoms with Crippen LogP contribution in [0, 0.1) is 10.1 Å². The molecule has 2 atom stereocenters. The molecule has 0 bridgehead atoms. The van der Waals surface area contributed by atoms with Gasteiger partial charge in [-0.2, -0.15) is 0 Å². The smallest absolute Gasteiger partial charge is 0.269 e. The van der Waals surface area contributed by atoms with Crippen LogP contribution in [0.1, 0.15) is 24.8 Å². The molecule has 9 heteroatoms. The molecular weight excluding hydrogens is 368 g/mol. The van der Waals surface area contributed by atoms with Gasteiger partial charge >= 0.3 is 0 Å². The largest absolute Gasteiger partial charge is 0.491 e. The van der Waals surface area contributed by atoms with Crippen LogP contribution in [0.15, 0.2) is 46.8 Å². The minimum atomic E-state index is -0.798. The number of non-ortho nitro benzene ring substituents is 1. The monoisotopic (exact) mass is 392 g/mol. The molecule has 3 N–H and O–H groups in total. The third-order valence-electron chi connectivity index (χ3n) is 3.62. The maximum atomic E-state index is 10.6. The Morgan fingerprint density at radius 1 is 1.37 bits per heavy atom. The van der Waals surface area contributed by atoms with E-state index >= 15 is 0 Å². The second-order valence-electron chi connectivity index (χ2n) is 5.82. The third kappa shape index (κ3) is 6.87. The van der Waals surface area contributed by atoms with E-state index in [0.717, 1.165) is 0 Å². The van der Waals surface area contributed by atoms with E-state index in [2.05, 4.69) is 21.7 Å². The Balaban J connectivity index is 1.84. The minimum Gasteiger partial charge on any atom is -0.491 e. The number of rotatable bonds is 9. The number of hydrogen-bond donors (Lipinski definition) is 3. The lowest BCUT2D eigenvalue weighted by molar-refractivity contribution is -0.384. The molecule has 2 unspecified atom stereocenters. The zero-order valence-electron chi connectivity index (χ0n) is 15.3. The molecule has 0 saturated carbocycles. The highest BCUT2D eigenvalue weighted by molar-refractivity contribution is 7.10. The van der Waals surface area contributed by atoms with Gasteiger partial charge in [0.1, 0.15) is 18.5 Å². The topological polar surface area (TPSA) is 109 Å². The Labute approximate surface area is 162 Å². The van der Waals surface area contributed by atoms with E-state index in [9.17, 15) is 15.2 Å². The molecule has 0 amide bonds. The van der Waals surface area contributed by atoms with Crippen molar-refractivity contribution in [1.29, 1.82) is 0 Å². The molecular formula is C18H24N4O4S. The Hall–Kier alpha value is -2.65. The summed E-state index contributed by atoms with van der Waals surface area (Å²) < 4.78 is 5.45. The molecule has 0 radical (unpaired) electrons. The molecule has 27 heavy (non-hydrogen) atoms.